The molecule has 2 heteroatoms. The van der Waals surface area contributed by atoms with E-state index < -0.39 is 0 Å². The van der Waals surface area contributed by atoms with Gasteiger partial charge < -0.3 is 4.74 Å². The van der Waals surface area contributed by atoms with E-state index in [2.05, 4.69) is 24.3 Å². The maximum absolute atomic E-state index is 10.7. The Morgan fingerprint density at radius 3 is 1.74 bits per heavy atom. The fraction of sp³-hybridized carbons (Fsp3) is 0.0952. The summed E-state index contributed by atoms with van der Waals surface area (Å²) in [7, 11) is 0. The Morgan fingerprint density at radius 1 is 0.739 bits per heavy atom. The molecule has 0 aromatic heterocycles. The maximum Gasteiger partial charge on any atom is 0.150 e. The lowest BCUT2D eigenvalue weighted by Gasteiger charge is -2.19. The van der Waals surface area contributed by atoms with Gasteiger partial charge in [-0.05, 0) is 35.4 Å². The van der Waals surface area contributed by atoms with Crippen molar-refractivity contribution in [1.82, 2.24) is 0 Å². The lowest BCUT2D eigenvalue weighted by atomic mass is 9.92. The molecule has 0 spiro atoms. The van der Waals surface area contributed by atoms with Crippen LogP contribution in [0.5, 0.6) is 5.75 Å². The third kappa shape index (κ3) is 3.86. The number of hydrogen-bond donors (Lipinski definition) is 0. The van der Waals surface area contributed by atoms with Gasteiger partial charge in [-0.3, -0.25) is 4.79 Å². The first-order valence-electron chi connectivity index (χ1n) is 7.65. The van der Waals surface area contributed by atoms with Crippen LogP contribution >= 0.6 is 0 Å². The van der Waals surface area contributed by atoms with Gasteiger partial charge in [0.25, 0.3) is 0 Å². The van der Waals surface area contributed by atoms with Crippen LogP contribution in [0.15, 0.2) is 84.9 Å². The van der Waals surface area contributed by atoms with Crippen LogP contribution in [0.4, 0.5) is 0 Å². The number of ether oxygens (including phenoxy) is 1. The SMILES string of the molecule is O=Cc1ccc(OCC(c2ccccc2)c2ccccc2)cc1. The first-order chi connectivity index (χ1) is 11.4. The molecule has 0 amide bonds. The Labute approximate surface area is 136 Å². The first kappa shape index (κ1) is 15.0. The van der Waals surface area contributed by atoms with Gasteiger partial charge in [0.2, 0.25) is 0 Å². The molecule has 0 saturated carbocycles. The van der Waals surface area contributed by atoms with E-state index in [0.717, 1.165) is 12.0 Å². The van der Waals surface area contributed by atoms with Crippen molar-refractivity contribution in [3.05, 3.63) is 102 Å². The molecular formula is C21H18O2. The zero-order valence-corrected chi connectivity index (χ0v) is 12.8. The van der Waals surface area contributed by atoms with Crippen LogP contribution in [0.3, 0.4) is 0 Å². The van der Waals surface area contributed by atoms with E-state index in [-0.39, 0.29) is 5.92 Å². The second-order valence-electron chi connectivity index (χ2n) is 5.37. The highest BCUT2D eigenvalue weighted by Crippen LogP contribution is 2.25. The molecule has 3 rings (SSSR count). The second kappa shape index (κ2) is 7.41. The first-order valence-corrected chi connectivity index (χ1v) is 7.65. The van der Waals surface area contributed by atoms with E-state index in [0.29, 0.717) is 12.2 Å². The molecular weight excluding hydrogens is 284 g/mol. The van der Waals surface area contributed by atoms with E-state index >= 15 is 0 Å². The highest BCUT2D eigenvalue weighted by Gasteiger charge is 2.14. The largest absolute Gasteiger partial charge is 0.493 e. The summed E-state index contributed by atoms with van der Waals surface area (Å²) < 4.78 is 5.96. The van der Waals surface area contributed by atoms with Gasteiger partial charge >= 0.3 is 0 Å². The summed E-state index contributed by atoms with van der Waals surface area (Å²) in [6.07, 6.45) is 0.834. The number of hydrogen-bond acceptors (Lipinski definition) is 2. The smallest absolute Gasteiger partial charge is 0.150 e. The van der Waals surface area contributed by atoms with Crippen LogP contribution in [0.25, 0.3) is 0 Å². The number of rotatable bonds is 6. The maximum atomic E-state index is 10.7. The van der Waals surface area contributed by atoms with Crippen LogP contribution in [0, 0.1) is 0 Å². The quantitative estimate of drug-likeness (QED) is 0.616. The van der Waals surface area contributed by atoms with Gasteiger partial charge in [0.05, 0.1) is 6.61 Å². The average Bonchev–Trinajstić information content (AvgIpc) is 2.64. The fourth-order valence-electron chi connectivity index (χ4n) is 2.58. The van der Waals surface area contributed by atoms with Gasteiger partial charge in [-0.2, -0.15) is 0 Å². The van der Waals surface area contributed by atoms with Crippen molar-refractivity contribution < 1.29 is 9.53 Å². The number of carbonyl (C=O) groups is 1. The predicted molar refractivity (Wildman–Crippen MR) is 92.1 cm³/mol. The molecule has 0 heterocycles. The topological polar surface area (TPSA) is 26.3 Å². The summed E-state index contributed by atoms with van der Waals surface area (Å²) in [5.74, 6) is 0.940. The summed E-state index contributed by atoms with van der Waals surface area (Å²) in [6.45, 7) is 0.550. The van der Waals surface area contributed by atoms with Crippen LogP contribution in [-0.2, 0) is 0 Å². The molecule has 0 aliphatic heterocycles. The molecule has 0 aliphatic rings. The zero-order valence-electron chi connectivity index (χ0n) is 12.8. The highest BCUT2D eigenvalue weighted by molar-refractivity contribution is 5.74. The normalized spacial score (nSPS) is 10.5. The van der Waals surface area contributed by atoms with Crippen molar-refractivity contribution in [2.75, 3.05) is 6.61 Å². The Balaban J connectivity index is 1.80. The highest BCUT2D eigenvalue weighted by atomic mass is 16.5. The Bertz CT molecular complexity index is 694. The molecule has 23 heavy (non-hydrogen) atoms. The van der Waals surface area contributed by atoms with Gasteiger partial charge in [-0.15, -0.1) is 0 Å². The summed E-state index contributed by atoms with van der Waals surface area (Å²) in [6, 6.07) is 27.9. The molecule has 0 N–H and O–H groups in total. The number of aldehydes is 1. The third-order valence-electron chi connectivity index (χ3n) is 3.84. The number of benzene rings is 3. The minimum atomic E-state index is 0.170. The minimum absolute atomic E-state index is 0.170. The zero-order chi connectivity index (χ0) is 15.9. The van der Waals surface area contributed by atoms with Crippen molar-refractivity contribution in [2.24, 2.45) is 0 Å². The van der Waals surface area contributed by atoms with Crippen LogP contribution in [-0.4, -0.2) is 12.9 Å². The predicted octanol–water partition coefficient (Wildman–Crippen LogP) is 4.71. The summed E-state index contributed by atoms with van der Waals surface area (Å²) in [4.78, 5) is 10.7. The summed E-state index contributed by atoms with van der Waals surface area (Å²) in [5.41, 5.74) is 3.10. The molecule has 0 aliphatic carbocycles. The minimum Gasteiger partial charge on any atom is -0.493 e. The lowest BCUT2D eigenvalue weighted by molar-refractivity contribution is 0.112. The molecule has 0 radical (unpaired) electrons. The Hall–Kier alpha value is -2.87. The van der Waals surface area contributed by atoms with Crippen LogP contribution in [0.1, 0.15) is 27.4 Å². The van der Waals surface area contributed by atoms with Crippen molar-refractivity contribution in [1.29, 1.82) is 0 Å². The van der Waals surface area contributed by atoms with Gasteiger partial charge in [0.1, 0.15) is 12.0 Å². The average molecular weight is 302 g/mol. The van der Waals surface area contributed by atoms with Gasteiger partial charge in [-0.25, -0.2) is 0 Å². The van der Waals surface area contributed by atoms with E-state index in [1.807, 2.05) is 48.5 Å². The Kier molecular flexibility index (Phi) is 4.85. The van der Waals surface area contributed by atoms with E-state index in [1.165, 1.54) is 11.1 Å². The molecule has 0 bridgehead atoms. The van der Waals surface area contributed by atoms with Gasteiger partial charge in [0.15, 0.2) is 0 Å². The van der Waals surface area contributed by atoms with Gasteiger partial charge in [-0.1, -0.05) is 60.7 Å². The molecule has 3 aromatic rings. The second-order valence-corrected chi connectivity index (χ2v) is 5.37. The molecule has 0 saturated heterocycles. The molecule has 0 unspecified atom stereocenters. The molecule has 0 atom stereocenters. The van der Waals surface area contributed by atoms with E-state index in [1.54, 1.807) is 12.1 Å². The van der Waals surface area contributed by atoms with Crippen molar-refractivity contribution in [2.45, 2.75) is 5.92 Å². The van der Waals surface area contributed by atoms with Crippen LogP contribution in [0.2, 0.25) is 0 Å². The molecule has 3 aromatic carbocycles. The van der Waals surface area contributed by atoms with Crippen molar-refractivity contribution >= 4 is 6.29 Å². The Morgan fingerprint density at radius 2 is 1.26 bits per heavy atom. The van der Waals surface area contributed by atoms with Crippen molar-refractivity contribution in [3.8, 4) is 5.75 Å². The number of carbonyl (C=O) groups excluding carboxylic acids is 1. The van der Waals surface area contributed by atoms with E-state index in [4.69, 9.17) is 4.74 Å². The van der Waals surface area contributed by atoms with Crippen LogP contribution < -0.4 is 4.74 Å². The van der Waals surface area contributed by atoms with E-state index in [9.17, 15) is 4.79 Å². The summed E-state index contributed by atoms with van der Waals surface area (Å²) in [5, 5.41) is 0. The molecule has 2 nitrogen and oxygen atoms in total. The fourth-order valence-corrected chi connectivity index (χ4v) is 2.58. The third-order valence-corrected chi connectivity index (χ3v) is 3.84. The van der Waals surface area contributed by atoms with Gasteiger partial charge in [0, 0.05) is 11.5 Å². The summed E-state index contributed by atoms with van der Waals surface area (Å²) >= 11 is 0. The lowest BCUT2D eigenvalue weighted by Crippen LogP contribution is -2.12. The molecule has 114 valence electrons. The standard InChI is InChI=1S/C21H18O2/c22-15-17-11-13-20(14-12-17)23-16-21(18-7-3-1-4-8-18)19-9-5-2-6-10-19/h1-15,21H,16H2. The molecule has 0 fully saturated rings. The van der Waals surface area contributed by atoms with Crippen molar-refractivity contribution in [3.63, 3.8) is 0 Å². The monoisotopic (exact) mass is 302 g/mol.